The minimum absolute atomic E-state index is 0.0848. The maximum absolute atomic E-state index is 13.0. The summed E-state index contributed by atoms with van der Waals surface area (Å²) in [6, 6.07) is 4.42. The van der Waals surface area contributed by atoms with Crippen LogP contribution in [0.2, 0.25) is 0 Å². The minimum atomic E-state index is -0.383. The number of carbonyl (C=O) groups is 1. The largest absolute Gasteiger partial charge is 0.482 e. The highest BCUT2D eigenvalue weighted by Crippen LogP contribution is 2.25. The van der Waals surface area contributed by atoms with Gasteiger partial charge in [0, 0.05) is 12.1 Å². The van der Waals surface area contributed by atoms with Gasteiger partial charge in [-0.2, -0.15) is 0 Å². The van der Waals surface area contributed by atoms with Crippen LogP contribution >= 0.6 is 15.9 Å². The first-order chi connectivity index (χ1) is 9.15. The van der Waals surface area contributed by atoms with Crippen LogP contribution in [0.25, 0.3) is 0 Å². The summed E-state index contributed by atoms with van der Waals surface area (Å²) in [5, 5.41) is 2.95. The van der Waals surface area contributed by atoms with E-state index in [2.05, 4.69) is 21.2 Å². The molecule has 0 unspecified atom stereocenters. The van der Waals surface area contributed by atoms with E-state index in [0.717, 1.165) is 12.8 Å². The fraction of sp³-hybridized carbons (Fsp3) is 0.500. The van der Waals surface area contributed by atoms with E-state index in [4.69, 9.17) is 4.74 Å². The van der Waals surface area contributed by atoms with Crippen LogP contribution in [0, 0.1) is 5.82 Å². The molecule has 19 heavy (non-hydrogen) atoms. The monoisotopic (exact) mass is 329 g/mol. The van der Waals surface area contributed by atoms with Crippen molar-refractivity contribution < 1.29 is 13.9 Å². The molecule has 0 aromatic heterocycles. The highest BCUT2D eigenvalue weighted by molar-refractivity contribution is 9.10. The number of amides is 1. The molecule has 104 valence electrons. The van der Waals surface area contributed by atoms with Gasteiger partial charge in [0.15, 0.2) is 6.61 Å². The van der Waals surface area contributed by atoms with E-state index < -0.39 is 0 Å². The van der Waals surface area contributed by atoms with E-state index in [0.29, 0.717) is 10.2 Å². The van der Waals surface area contributed by atoms with Crippen LogP contribution in [0.4, 0.5) is 4.39 Å². The summed E-state index contributed by atoms with van der Waals surface area (Å²) in [4.78, 5) is 11.7. The molecule has 0 bridgehead atoms. The third-order valence-corrected chi connectivity index (χ3v) is 3.88. The molecule has 0 aliphatic heterocycles. The van der Waals surface area contributed by atoms with Gasteiger partial charge in [-0.3, -0.25) is 4.79 Å². The topological polar surface area (TPSA) is 38.3 Å². The number of hydrogen-bond acceptors (Lipinski definition) is 2. The van der Waals surface area contributed by atoms with E-state index in [1.165, 1.54) is 31.4 Å². The smallest absolute Gasteiger partial charge is 0.258 e. The maximum Gasteiger partial charge on any atom is 0.258 e. The Hall–Kier alpha value is -1.10. The molecule has 5 heteroatoms. The SMILES string of the molecule is O=C(COc1cc(F)ccc1Br)NC1CCCCC1. The molecule has 0 atom stereocenters. The zero-order chi connectivity index (χ0) is 13.7. The lowest BCUT2D eigenvalue weighted by atomic mass is 9.95. The molecule has 1 fully saturated rings. The highest BCUT2D eigenvalue weighted by Gasteiger charge is 2.16. The van der Waals surface area contributed by atoms with Crippen molar-refractivity contribution in [2.75, 3.05) is 6.61 Å². The summed E-state index contributed by atoms with van der Waals surface area (Å²) < 4.78 is 19.0. The Bertz CT molecular complexity index is 447. The summed E-state index contributed by atoms with van der Waals surface area (Å²) in [6.07, 6.45) is 5.66. The van der Waals surface area contributed by atoms with E-state index in [-0.39, 0.29) is 24.4 Å². The van der Waals surface area contributed by atoms with Crippen LogP contribution in [0.15, 0.2) is 22.7 Å². The van der Waals surface area contributed by atoms with Crippen LogP contribution in [0.5, 0.6) is 5.75 Å². The molecular formula is C14H17BrFNO2. The average molecular weight is 330 g/mol. The first-order valence-corrected chi connectivity index (χ1v) is 7.31. The molecule has 3 nitrogen and oxygen atoms in total. The van der Waals surface area contributed by atoms with Crippen molar-refractivity contribution in [3.8, 4) is 5.75 Å². The molecule has 0 heterocycles. The lowest BCUT2D eigenvalue weighted by Crippen LogP contribution is -2.39. The molecule has 1 aliphatic carbocycles. The fourth-order valence-corrected chi connectivity index (χ4v) is 2.61. The van der Waals surface area contributed by atoms with Gasteiger partial charge in [0.2, 0.25) is 0 Å². The number of nitrogens with one attached hydrogen (secondary N) is 1. The summed E-state index contributed by atoms with van der Waals surface area (Å²) in [7, 11) is 0. The van der Waals surface area contributed by atoms with Gasteiger partial charge in [0.25, 0.3) is 5.91 Å². The second-order valence-electron chi connectivity index (χ2n) is 4.77. The Labute approximate surface area is 120 Å². The molecular weight excluding hydrogens is 313 g/mol. The number of carbonyl (C=O) groups excluding carboxylic acids is 1. The summed E-state index contributed by atoms with van der Waals surface area (Å²) >= 11 is 3.26. The lowest BCUT2D eigenvalue weighted by Gasteiger charge is -2.22. The predicted octanol–water partition coefficient (Wildman–Crippen LogP) is 3.42. The number of benzene rings is 1. The van der Waals surface area contributed by atoms with Gasteiger partial charge in [-0.25, -0.2) is 4.39 Å². The van der Waals surface area contributed by atoms with Gasteiger partial charge >= 0.3 is 0 Å². The van der Waals surface area contributed by atoms with Gasteiger partial charge in [-0.15, -0.1) is 0 Å². The Kier molecular flexibility index (Phi) is 5.19. The van der Waals surface area contributed by atoms with Crippen LogP contribution in [-0.4, -0.2) is 18.6 Å². The van der Waals surface area contributed by atoms with Crippen molar-refractivity contribution in [3.05, 3.63) is 28.5 Å². The van der Waals surface area contributed by atoms with Crippen molar-refractivity contribution in [1.82, 2.24) is 5.32 Å². The van der Waals surface area contributed by atoms with E-state index in [9.17, 15) is 9.18 Å². The predicted molar refractivity (Wildman–Crippen MR) is 74.6 cm³/mol. The average Bonchev–Trinajstić information content (AvgIpc) is 2.41. The van der Waals surface area contributed by atoms with Crippen LogP contribution < -0.4 is 10.1 Å². The number of ether oxygens (including phenoxy) is 1. The van der Waals surface area contributed by atoms with E-state index in [1.54, 1.807) is 6.07 Å². The van der Waals surface area contributed by atoms with Gasteiger partial charge in [0.05, 0.1) is 4.47 Å². The van der Waals surface area contributed by atoms with Gasteiger partial charge in [-0.1, -0.05) is 19.3 Å². The van der Waals surface area contributed by atoms with Crippen molar-refractivity contribution in [2.24, 2.45) is 0 Å². The quantitative estimate of drug-likeness (QED) is 0.919. The van der Waals surface area contributed by atoms with Crippen molar-refractivity contribution in [1.29, 1.82) is 0 Å². The number of rotatable bonds is 4. The Morgan fingerprint density at radius 1 is 1.37 bits per heavy atom. The Morgan fingerprint density at radius 3 is 2.84 bits per heavy atom. The minimum Gasteiger partial charge on any atom is -0.482 e. The molecule has 0 saturated heterocycles. The molecule has 1 aromatic carbocycles. The van der Waals surface area contributed by atoms with Gasteiger partial charge in [-0.05, 0) is 40.9 Å². The summed E-state index contributed by atoms with van der Waals surface area (Å²) in [5.74, 6) is -0.187. The molecule has 1 amide bonds. The van der Waals surface area contributed by atoms with Crippen molar-refractivity contribution in [3.63, 3.8) is 0 Å². The molecule has 1 aromatic rings. The Morgan fingerprint density at radius 2 is 2.11 bits per heavy atom. The number of halogens is 2. The summed E-state index contributed by atoms with van der Waals surface area (Å²) in [6.45, 7) is -0.0848. The molecule has 1 N–H and O–H groups in total. The first kappa shape index (κ1) is 14.3. The first-order valence-electron chi connectivity index (χ1n) is 6.52. The van der Waals surface area contributed by atoms with Crippen LogP contribution in [0.1, 0.15) is 32.1 Å². The van der Waals surface area contributed by atoms with Gasteiger partial charge < -0.3 is 10.1 Å². The molecule has 2 rings (SSSR count). The maximum atomic E-state index is 13.0. The summed E-state index contributed by atoms with van der Waals surface area (Å²) in [5.41, 5.74) is 0. The van der Waals surface area contributed by atoms with Crippen LogP contribution in [0.3, 0.4) is 0 Å². The lowest BCUT2D eigenvalue weighted by molar-refractivity contribution is -0.124. The molecule has 1 saturated carbocycles. The van der Waals surface area contributed by atoms with Crippen LogP contribution in [-0.2, 0) is 4.79 Å². The second kappa shape index (κ2) is 6.89. The third kappa shape index (κ3) is 4.49. The normalized spacial score (nSPS) is 16.1. The molecule has 0 spiro atoms. The standard InChI is InChI=1S/C14H17BrFNO2/c15-12-7-6-10(16)8-13(12)19-9-14(18)17-11-4-2-1-3-5-11/h6-8,11H,1-5,9H2,(H,17,18). The zero-order valence-corrected chi connectivity index (χ0v) is 12.2. The van der Waals surface area contributed by atoms with Crippen molar-refractivity contribution in [2.45, 2.75) is 38.1 Å². The van der Waals surface area contributed by atoms with E-state index >= 15 is 0 Å². The second-order valence-corrected chi connectivity index (χ2v) is 5.62. The highest BCUT2D eigenvalue weighted by atomic mass is 79.9. The van der Waals surface area contributed by atoms with Gasteiger partial charge in [0.1, 0.15) is 11.6 Å². The Balaban J connectivity index is 1.81. The fourth-order valence-electron chi connectivity index (χ4n) is 2.25. The van der Waals surface area contributed by atoms with Crippen molar-refractivity contribution >= 4 is 21.8 Å². The zero-order valence-electron chi connectivity index (χ0n) is 10.6. The number of hydrogen-bond donors (Lipinski definition) is 1. The van der Waals surface area contributed by atoms with E-state index in [1.807, 2.05) is 0 Å². The molecule has 1 aliphatic rings. The third-order valence-electron chi connectivity index (χ3n) is 3.22. The molecule has 0 radical (unpaired) electrons.